The van der Waals surface area contributed by atoms with Crippen LogP contribution in [0, 0.1) is 0 Å². The maximum Gasteiger partial charge on any atom is 0.237 e. The van der Waals surface area contributed by atoms with Gasteiger partial charge in [-0.15, -0.1) is 10.2 Å². The van der Waals surface area contributed by atoms with Gasteiger partial charge in [0.1, 0.15) is 6.33 Å². The molecule has 0 saturated heterocycles. The van der Waals surface area contributed by atoms with E-state index in [-0.39, 0.29) is 11.2 Å². The summed E-state index contributed by atoms with van der Waals surface area (Å²) in [6.45, 7) is 1.90. The molecule has 24 heavy (non-hydrogen) atoms. The van der Waals surface area contributed by atoms with E-state index in [1.807, 2.05) is 49.4 Å². The van der Waals surface area contributed by atoms with Gasteiger partial charge in [0.05, 0.1) is 5.25 Å². The molecule has 2 aromatic carbocycles. The normalized spacial score (nSPS) is 15.4. The third-order valence-corrected chi connectivity index (χ3v) is 5.25. The first kappa shape index (κ1) is 15.2. The van der Waals surface area contributed by atoms with Crippen LogP contribution in [0.2, 0.25) is 0 Å². The number of nitrogens with zero attached hydrogens (tertiary/aromatic N) is 3. The number of thioether (sulfide) groups is 1. The van der Waals surface area contributed by atoms with Gasteiger partial charge in [0.25, 0.3) is 0 Å². The van der Waals surface area contributed by atoms with Gasteiger partial charge in [-0.2, -0.15) is 0 Å². The topological polar surface area (TPSA) is 59.8 Å². The Labute approximate surface area is 144 Å². The number of hydrogen-bond acceptors (Lipinski definition) is 4. The van der Waals surface area contributed by atoms with E-state index < -0.39 is 0 Å². The summed E-state index contributed by atoms with van der Waals surface area (Å²) in [5.41, 5.74) is 0.842. The van der Waals surface area contributed by atoms with Gasteiger partial charge in [-0.05, 0) is 31.2 Å². The molecule has 1 atom stereocenters. The van der Waals surface area contributed by atoms with E-state index in [1.165, 1.54) is 24.6 Å². The maximum absolute atomic E-state index is 12.6. The molecule has 0 radical (unpaired) electrons. The third kappa shape index (κ3) is 3.01. The summed E-state index contributed by atoms with van der Waals surface area (Å²) in [4.78, 5) is 12.6. The van der Waals surface area contributed by atoms with E-state index in [0.29, 0.717) is 6.04 Å². The summed E-state index contributed by atoms with van der Waals surface area (Å²) in [6.07, 6.45) is 4.10. The first-order valence-corrected chi connectivity index (χ1v) is 8.95. The van der Waals surface area contributed by atoms with Gasteiger partial charge in [-0.3, -0.25) is 4.79 Å². The zero-order valence-electron chi connectivity index (χ0n) is 13.3. The molecule has 1 aliphatic carbocycles. The van der Waals surface area contributed by atoms with Crippen molar-refractivity contribution in [3.05, 3.63) is 48.8 Å². The van der Waals surface area contributed by atoms with E-state index in [1.54, 1.807) is 6.33 Å². The number of nitrogens with one attached hydrogen (secondary N) is 1. The van der Waals surface area contributed by atoms with Gasteiger partial charge < -0.3 is 9.88 Å². The van der Waals surface area contributed by atoms with Crippen molar-refractivity contribution in [2.75, 3.05) is 5.32 Å². The lowest BCUT2D eigenvalue weighted by molar-refractivity contribution is -0.115. The second-order valence-electron chi connectivity index (χ2n) is 6.03. The van der Waals surface area contributed by atoms with Gasteiger partial charge in [0.2, 0.25) is 5.91 Å². The van der Waals surface area contributed by atoms with Crippen LogP contribution < -0.4 is 5.32 Å². The molecular weight excluding hydrogens is 320 g/mol. The highest BCUT2D eigenvalue weighted by molar-refractivity contribution is 8.00. The van der Waals surface area contributed by atoms with Crippen molar-refractivity contribution in [2.45, 2.75) is 36.2 Å². The lowest BCUT2D eigenvalue weighted by Crippen LogP contribution is -2.23. The fourth-order valence-corrected chi connectivity index (χ4v) is 3.59. The molecule has 1 saturated carbocycles. The number of fused-ring (bicyclic) bond motifs is 1. The van der Waals surface area contributed by atoms with Crippen LogP contribution >= 0.6 is 11.8 Å². The largest absolute Gasteiger partial charge is 0.325 e. The van der Waals surface area contributed by atoms with Gasteiger partial charge in [-0.25, -0.2) is 0 Å². The van der Waals surface area contributed by atoms with Crippen LogP contribution in [0.25, 0.3) is 10.8 Å². The third-order valence-electron chi connectivity index (χ3n) is 4.18. The fraction of sp³-hybridized carbons (Fsp3) is 0.278. The number of hydrogen-bond donors (Lipinski definition) is 1. The minimum atomic E-state index is -0.245. The Morgan fingerprint density at radius 2 is 2.04 bits per heavy atom. The van der Waals surface area contributed by atoms with E-state index in [0.717, 1.165) is 21.6 Å². The Kier molecular flexibility index (Phi) is 3.98. The average molecular weight is 338 g/mol. The highest BCUT2D eigenvalue weighted by atomic mass is 32.2. The van der Waals surface area contributed by atoms with Gasteiger partial charge in [0, 0.05) is 17.1 Å². The summed E-state index contributed by atoms with van der Waals surface area (Å²) < 4.78 is 2.08. The molecule has 6 heteroatoms. The van der Waals surface area contributed by atoms with E-state index in [9.17, 15) is 4.79 Å². The molecule has 0 spiro atoms. The first-order chi connectivity index (χ1) is 11.7. The number of rotatable bonds is 5. The molecular formula is C18H18N4OS. The second-order valence-corrected chi connectivity index (χ2v) is 7.34. The van der Waals surface area contributed by atoms with Crippen molar-refractivity contribution >= 4 is 34.1 Å². The predicted octanol–water partition coefficient (Wildman–Crippen LogP) is 3.89. The first-order valence-electron chi connectivity index (χ1n) is 8.07. The molecule has 3 aromatic rings. The average Bonchev–Trinajstić information content (AvgIpc) is 3.34. The zero-order valence-corrected chi connectivity index (χ0v) is 14.2. The highest BCUT2D eigenvalue weighted by Gasteiger charge is 2.28. The van der Waals surface area contributed by atoms with Crippen LogP contribution in [0.1, 0.15) is 25.8 Å². The van der Waals surface area contributed by atoms with Crippen LogP contribution in [0.15, 0.2) is 53.9 Å². The number of carbonyl (C=O) groups excluding carboxylic acids is 1. The summed E-state index contributed by atoms with van der Waals surface area (Å²) in [7, 11) is 0. The number of anilines is 1. The van der Waals surface area contributed by atoms with Crippen LogP contribution in [0.3, 0.4) is 0 Å². The number of amides is 1. The predicted molar refractivity (Wildman–Crippen MR) is 96.2 cm³/mol. The highest BCUT2D eigenvalue weighted by Crippen LogP contribution is 2.38. The van der Waals surface area contributed by atoms with Crippen molar-refractivity contribution in [2.24, 2.45) is 0 Å². The summed E-state index contributed by atoms with van der Waals surface area (Å²) in [5.74, 6) is -0.0262. The number of carbonyl (C=O) groups is 1. The van der Waals surface area contributed by atoms with Gasteiger partial charge in [-0.1, -0.05) is 48.2 Å². The van der Waals surface area contributed by atoms with Crippen molar-refractivity contribution in [3.8, 4) is 0 Å². The lowest BCUT2D eigenvalue weighted by Gasteiger charge is -2.13. The van der Waals surface area contributed by atoms with E-state index >= 15 is 0 Å². The minimum absolute atomic E-state index is 0.0262. The fourth-order valence-electron chi connectivity index (χ4n) is 2.70. The van der Waals surface area contributed by atoms with Crippen LogP contribution in [0.5, 0.6) is 0 Å². The Balaban J connectivity index is 1.49. The summed E-state index contributed by atoms with van der Waals surface area (Å²) in [5, 5.41) is 13.9. The molecule has 1 aliphatic rings. The molecule has 1 heterocycles. The molecule has 0 bridgehead atoms. The van der Waals surface area contributed by atoms with Crippen molar-refractivity contribution in [1.29, 1.82) is 0 Å². The smallest absolute Gasteiger partial charge is 0.237 e. The molecule has 5 nitrogen and oxygen atoms in total. The van der Waals surface area contributed by atoms with Gasteiger partial charge >= 0.3 is 0 Å². The molecule has 0 unspecified atom stereocenters. The molecule has 1 N–H and O–H groups in total. The number of aromatic nitrogens is 3. The minimum Gasteiger partial charge on any atom is -0.325 e. The maximum atomic E-state index is 12.6. The van der Waals surface area contributed by atoms with E-state index in [4.69, 9.17) is 0 Å². The summed E-state index contributed by atoms with van der Waals surface area (Å²) >= 11 is 1.46. The standard InChI is InChI=1S/C18H18N4OS/c1-12(24-18-21-19-11-22(18)14-9-10-14)17(23)20-16-8-4-6-13-5-2-3-7-15(13)16/h2-8,11-12,14H,9-10H2,1H3,(H,20,23)/t12-/m1/s1. The molecule has 1 aromatic heterocycles. The molecule has 1 fully saturated rings. The second kappa shape index (κ2) is 6.28. The van der Waals surface area contributed by atoms with Crippen LogP contribution in [-0.4, -0.2) is 25.9 Å². The van der Waals surface area contributed by atoms with Gasteiger partial charge in [0.15, 0.2) is 5.16 Å². The van der Waals surface area contributed by atoms with Crippen molar-refractivity contribution < 1.29 is 4.79 Å². The zero-order chi connectivity index (χ0) is 16.5. The van der Waals surface area contributed by atoms with Crippen LogP contribution in [0.4, 0.5) is 5.69 Å². The van der Waals surface area contributed by atoms with Crippen molar-refractivity contribution in [1.82, 2.24) is 14.8 Å². The molecule has 122 valence electrons. The molecule has 1 amide bonds. The Hall–Kier alpha value is -2.34. The van der Waals surface area contributed by atoms with Crippen LogP contribution in [-0.2, 0) is 4.79 Å². The number of benzene rings is 2. The Morgan fingerprint density at radius 3 is 2.88 bits per heavy atom. The Morgan fingerprint density at radius 1 is 1.25 bits per heavy atom. The lowest BCUT2D eigenvalue weighted by atomic mass is 10.1. The quantitative estimate of drug-likeness (QED) is 0.717. The molecule has 0 aliphatic heterocycles. The summed E-state index contributed by atoms with van der Waals surface area (Å²) in [6, 6.07) is 14.5. The monoisotopic (exact) mass is 338 g/mol. The van der Waals surface area contributed by atoms with Crippen molar-refractivity contribution in [3.63, 3.8) is 0 Å². The van der Waals surface area contributed by atoms with E-state index in [2.05, 4.69) is 20.1 Å². The SMILES string of the molecule is C[C@@H](Sc1nncn1C1CC1)C(=O)Nc1cccc2ccccc12. The Bertz CT molecular complexity index is 882. The molecule has 4 rings (SSSR count).